The zero-order valence-corrected chi connectivity index (χ0v) is 10.9. The Morgan fingerprint density at radius 1 is 1.18 bits per heavy atom. The van der Waals surface area contributed by atoms with Crippen molar-refractivity contribution in [2.45, 2.75) is 57.4 Å². The van der Waals surface area contributed by atoms with Crippen molar-refractivity contribution < 1.29 is 4.79 Å². The molecule has 0 spiro atoms. The van der Waals surface area contributed by atoms with Crippen molar-refractivity contribution >= 4 is 17.2 Å². The van der Waals surface area contributed by atoms with Crippen LogP contribution >= 0.6 is 11.3 Å². The molecule has 3 rings (SSSR count). The van der Waals surface area contributed by atoms with Crippen molar-refractivity contribution in [2.24, 2.45) is 0 Å². The fourth-order valence-electron chi connectivity index (χ4n) is 2.93. The highest BCUT2D eigenvalue weighted by Gasteiger charge is 2.21. The molecule has 2 aliphatic rings. The Hall–Kier alpha value is -0.830. The molecule has 0 radical (unpaired) electrons. The lowest BCUT2D eigenvalue weighted by molar-refractivity contribution is 0.0942. The van der Waals surface area contributed by atoms with E-state index in [2.05, 4.69) is 11.4 Å². The van der Waals surface area contributed by atoms with Crippen LogP contribution in [0.4, 0.5) is 0 Å². The number of thiophene rings is 1. The monoisotopic (exact) mass is 249 g/mol. The van der Waals surface area contributed by atoms with Gasteiger partial charge in [0.2, 0.25) is 0 Å². The van der Waals surface area contributed by atoms with Crippen molar-refractivity contribution in [2.75, 3.05) is 0 Å². The second-order valence-corrected chi connectivity index (χ2v) is 6.36. The number of hydrogen-bond donors (Lipinski definition) is 1. The summed E-state index contributed by atoms with van der Waals surface area (Å²) < 4.78 is 0. The van der Waals surface area contributed by atoms with Crippen LogP contribution < -0.4 is 5.32 Å². The minimum Gasteiger partial charge on any atom is -0.349 e. The summed E-state index contributed by atoms with van der Waals surface area (Å²) in [5, 5.41) is 3.18. The predicted octanol–water partition coefficient (Wildman–Crippen LogP) is 3.30. The predicted molar refractivity (Wildman–Crippen MR) is 70.7 cm³/mol. The first-order chi connectivity index (χ1) is 8.33. The highest BCUT2D eigenvalue weighted by atomic mass is 32.1. The van der Waals surface area contributed by atoms with Gasteiger partial charge in [-0.25, -0.2) is 0 Å². The van der Waals surface area contributed by atoms with E-state index in [0.29, 0.717) is 6.04 Å². The van der Waals surface area contributed by atoms with E-state index >= 15 is 0 Å². The average Bonchev–Trinajstić information content (AvgIpc) is 2.96. The van der Waals surface area contributed by atoms with Crippen molar-refractivity contribution in [3.8, 4) is 0 Å². The maximum absolute atomic E-state index is 12.1. The molecule has 0 atom stereocenters. The van der Waals surface area contributed by atoms with Crippen LogP contribution in [0.3, 0.4) is 0 Å². The van der Waals surface area contributed by atoms with E-state index in [1.54, 1.807) is 11.3 Å². The summed E-state index contributed by atoms with van der Waals surface area (Å²) in [5.74, 6) is 0.163. The standard InChI is InChI=1S/C14H19NOS/c16-14(15-11-6-2-3-7-11)13-9-10-5-1-4-8-12(10)17-13/h9,11H,1-8H2,(H,15,16). The van der Waals surface area contributed by atoms with Gasteiger partial charge in [-0.2, -0.15) is 0 Å². The van der Waals surface area contributed by atoms with Gasteiger partial charge in [0.1, 0.15) is 0 Å². The van der Waals surface area contributed by atoms with Crippen molar-refractivity contribution in [1.29, 1.82) is 0 Å². The van der Waals surface area contributed by atoms with Gasteiger partial charge < -0.3 is 5.32 Å². The van der Waals surface area contributed by atoms with Crippen LogP contribution in [-0.4, -0.2) is 11.9 Å². The van der Waals surface area contributed by atoms with E-state index < -0.39 is 0 Å². The van der Waals surface area contributed by atoms with E-state index in [1.165, 1.54) is 49.0 Å². The van der Waals surface area contributed by atoms with Crippen LogP contribution in [0, 0.1) is 0 Å². The SMILES string of the molecule is O=C(NC1CCCC1)c1cc2c(s1)CCCC2. The zero-order chi connectivity index (χ0) is 11.7. The first kappa shape index (κ1) is 11.3. The highest BCUT2D eigenvalue weighted by Crippen LogP contribution is 2.30. The molecule has 1 fully saturated rings. The first-order valence-corrected chi connectivity index (χ1v) is 7.57. The lowest BCUT2D eigenvalue weighted by Crippen LogP contribution is -2.31. The van der Waals surface area contributed by atoms with Gasteiger partial charge in [-0.15, -0.1) is 11.3 Å². The lowest BCUT2D eigenvalue weighted by Gasteiger charge is -2.10. The molecular weight excluding hydrogens is 230 g/mol. The number of fused-ring (bicyclic) bond motifs is 1. The quantitative estimate of drug-likeness (QED) is 0.856. The summed E-state index contributed by atoms with van der Waals surface area (Å²) in [6, 6.07) is 2.56. The lowest BCUT2D eigenvalue weighted by atomic mass is 9.99. The molecule has 1 saturated carbocycles. The number of rotatable bonds is 2. The van der Waals surface area contributed by atoms with E-state index in [0.717, 1.165) is 17.7 Å². The number of aryl methyl sites for hydroxylation is 2. The molecule has 1 amide bonds. The maximum atomic E-state index is 12.1. The normalized spacial score (nSPS) is 20.2. The van der Waals surface area contributed by atoms with Gasteiger partial charge in [0.15, 0.2) is 0 Å². The average molecular weight is 249 g/mol. The minimum absolute atomic E-state index is 0.163. The summed E-state index contributed by atoms with van der Waals surface area (Å²) in [4.78, 5) is 14.5. The van der Waals surface area contributed by atoms with Crippen molar-refractivity contribution in [3.05, 3.63) is 21.4 Å². The molecule has 3 heteroatoms. The van der Waals surface area contributed by atoms with Crippen LogP contribution in [-0.2, 0) is 12.8 Å². The second-order valence-electron chi connectivity index (χ2n) is 5.22. The van der Waals surface area contributed by atoms with E-state index in [1.807, 2.05) is 0 Å². The Kier molecular flexibility index (Phi) is 3.19. The van der Waals surface area contributed by atoms with Gasteiger partial charge >= 0.3 is 0 Å². The maximum Gasteiger partial charge on any atom is 0.261 e. The highest BCUT2D eigenvalue weighted by molar-refractivity contribution is 7.14. The molecule has 1 aromatic rings. The van der Waals surface area contributed by atoms with Gasteiger partial charge in [-0.05, 0) is 50.2 Å². The molecule has 1 heterocycles. The molecule has 1 N–H and O–H groups in total. The zero-order valence-electron chi connectivity index (χ0n) is 10.1. The molecule has 0 aliphatic heterocycles. The summed E-state index contributed by atoms with van der Waals surface area (Å²) in [6.07, 6.45) is 9.79. The van der Waals surface area contributed by atoms with Crippen LogP contribution in [0.1, 0.15) is 58.6 Å². The molecule has 2 nitrogen and oxygen atoms in total. The molecule has 0 unspecified atom stereocenters. The number of amides is 1. The van der Waals surface area contributed by atoms with Crippen LogP contribution in [0.15, 0.2) is 6.07 Å². The van der Waals surface area contributed by atoms with Gasteiger partial charge in [0.05, 0.1) is 4.88 Å². The summed E-state index contributed by atoms with van der Waals surface area (Å²) >= 11 is 1.71. The molecule has 0 aromatic carbocycles. The Balaban J connectivity index is 1.70. The molecule has 92 valence electrons. The smallest absolute Gasteiger partial charge is 0.261 e. The van der Waals surface area contributed by atoms with Crippen LogP contribution in [0.5, 0.6) is 0 Å². The van der Waals surface area contributed by atoms with Gasteiger partial charge in [0, 0.05) is 10.9 Å². The first-order valence-electron chi connectivity index (χ1n) is 6.75. The van der Waals surface area contributed by atoms with Gasteiger partial charge in [-0.1, -0.05) is 12.8 Å². The van der Waals surface area contributed by atoms with Crippen molar-refractivity contribution in [1.82, 2.24) is 5.32 Å². The Labute approximate surface area is 106 Å². The van der Waals surface area contributed by atoms with Crippen LogP contribution in [0.2, 0.25) is 0 Å². The second kappa shape index (κ2) is 4.81. The van der Waals surface area contributed by atoms with Gasteiger partial charge in [0.25, 0.3) is 5.91 Å². The summed E-state index contributed by atoms with van der Waals surface area (Å²) in [6.45, 7) is 0. The third-order valence-corrected chi connectivity index (χ3v) is 5.15. The molecule has 2 aliphatic carbocycles. The minimum atomic E-state index is 0.163. The summed E-state index contributed by atoms with van der Waals surface area (Å²) in [5.41, 5.74) is 1.43. The molecule has 1 aromatic heterocycles. The Bertz CT molecular complexity index is 394. The van der Waals surface area contributed by atoms with Gasteiger partial charge in [-0.3, -0.25) is 4.79 Å². The molecule has 17 heavy (non-hydrogen) atoms. The van der Waals surface area contributed by atoms with Crippen molar-refractivity contribution in [3.63, 3.8) is 0 Å². The Morgan fingerprint density at radius 3 is 2.71 bits per heavy atom. The number of hydrogen-bond acceptors (Lipinski definition) is 2. The fraction of sp³-hybridized carbons (Fsp3) is 0.643. The topological polar surface area (TPSA) is 29.1 Å². The summed E-state index contributed by atoms with van der Waals surface area (Å²) in [7, 11) is 0. The van der Waals surface area contributed by atoms with E-state index in [-0.39, 0.29) is 5.91 Å². The third-order valence-electron chi connectivity index (χ3n) is 3.91. The Morgan fingerprint density at radius 2 is 1.94 bits per heavy atom. The number of nitrogens with one attached hydrogen (secondary N) is 1. The van der Waals surface area contributed by atoms with Crippen LogP contribution in [0.25, 0.3) is 0 Å². The molecule has 0 bridgehead atoms. The number of carbonyl (C=O) groups is 1. The molecular formula is C14H19NOS. The van der Waals surface area contributed by atoms with E-state index in [4.69, 9.17) is 0 Å². The fourth-order valence-corrected chi connectivity index (χ4v) is 4.09. The largest absolute Gasteiger partial charge is 0.349 e. The van der Waals surface area contributed by atoms with E-state index in [9.17, 15) is 4.79 Å². The number of carbonyl (C=O) groups excluding carboxylic acids is 1. The molecule has 0 saturated heterocycles. The third kappa shape index (κ3) is 2.39.